The minimum Gasteiger partial charge on any atom is -0.239 e. The average molecular weight is 672 g/mol. The van der Waals surface area contributed by atoms with E-state index >= 15 is 0 Å². The van der Waals surface area contributed by atoms with Gasteiger partial charge in [-0.1, -0.05) is 0 Å². The highest BCUT2D eigenvalue weighted by Gasteiger charge is 2.23. The Hall–Kier alpha value is 0.510. The predicted molar refractivity (Wildman–Crippen MR) is 98.9 cm³/mol. The fourth-order valence-corrected chi connectivity index (χ4v) is 4.30. The summed E-state index contributed by atoms with van der Waals surface area (Å²) in [6.07, 6.45) is 0. The van der Waals surface area contributed by atoms with Crippen molar-refractivity contribution >= 4 is 113 Å². The lowest BCUT2D eigenvalue weighted by atomic mass is 10.8. The Morgan fingerprint density at radius 1 is 0.476 bits per heavy atom. The lowest BCUT2D eigenvalue weighted by molar-refractivity contribution is 0.954. The zero-order valence-electron chi connectivity index (χ0n) is 9.45. The molecule has 0 aliphatic heterocycles. The Balaban J connectivity index is 2.49. The maximum Gasteiger partial charge on any atom is 0.226 e. The summed E-state index contributed by atoms with van der Waals surface area (Å²) in [5.41, 5.74) is 0. The van der Waals surface area contributed by atoms with E-state index in [0.29, 0.717) is 31.1 Å². The topological polar surface area (TPSA) is 51.9 Å². The van der Waals surface area contributed by atoms with Gasteiger partial charge in [-0.3, -0.25) is 0 Å². The molecule has 0 spiro atoms. The molecule has 0 aromatic carbocycles. The highest BCUT2D eigenvalue weighted by atomic mass is 79.9. The van der Waals surface area contributed by atoms with Crippen LogP contribution in [0.2, 0.25) is 0 Å². The highest BCUT2D eigenvalue weighted by molar-refractivity contribution is 9.13. The van der Waals surface area contributed by atoms with Crippen molar-refractivity contribution in [2.45, 2.75) is 0 Å². The second kappa shape index (κ2) is 5.00. The molecule has 0 N–H and O–H groups in total. The molecule has 0 radical (unpaired) electrons. The van der Waals surface area contributed by atoms with Crippen molar-refractivity contribution in [3.8, 4) is 0 Å². The predicted octanol–water partition coefficient (Wildman–Crippen LogP) is 5.20. The van der Waals surface area contributed by atoms with Crippen molar-refractivity contribution in [1.29, 1.82) is 0 Å². The number of imidazole rings is 3. The maximum atomic E-state index is 4.52. The lowest BCUT2D eigenvalue weighted by Gasteiger charge is -2.04. The summed E-state index contributed by atoms with van der Waals surface area (Å²) >= 11 is 20.9. The molecule has 108 valence electrons. The molecule has 0 aliphatic carbocycles. The lowest BCUT2D eigenvalue weighted by Crippen LogP contribution is -2.04. The van der Waals surface area contributed by atoms with Gasteiger partial charge in [0.15, 0.2) is 0 Å². The van der Waals surface area contributed by atoms with Crippen LogP contribution in [-0.2, 0) is 0 Å². The van der Waals surface area contributed by atoms with Crippen LogP contribution in [0.3, 0.4) is 0 Å². The summed E-state index contributed by atoms with van der Waals surface area (Å²) in [4.78, 5) is 13.6. The first-order chi connectivity index (χ1) is 9.91. The van der Waals surface area contributed by atoms with E-state index in [0.717, 1.165) is 13.8 Å². The van der Waals surface area contributed by atoms with Crippen molar-refractivity contribution in [3.05, 3.63) is 27.6 Å². The monoisotopic (exact) mass is 666 g/mol. The summed E-state index contributed by atoms with van der Waals surface area (Å²) in [6.45, 7) is 0. The quantitative estimate of drug-likeness (QED) is 0.258. The molecule has 0 fully saturated rings. The van der Waals surface area contributed by atoms with Crippen molar-refractivity contribution in [2.24, 2.45) is 0 Å². The highest BCUT2D eigenvalue weighted by Crippen LogP contribution is 2.34. The van der Waals surface area contributed by atoms with E-state index in [2.05, 4.69) is 111 Å². The molecule has 6 nitrogen and oxygen atoms in total. The Morgan fingerprint density at radius 3 is 0.952 bits per heavy atom. The smallest absolute Gasteiger partial charge is 0.226 e. The number of fused-ring (bicyclic) bond motifs is 6. The number of rotatable bonds is 0. The van der Waals surface area contributed by atoms with E-state index in [-0.39, 0.29) is 0 Å². The van der Waals surface area contributed by atoms with Crippen molar-refractivity contribution < 1.29 is 0 Å². The van der Waals surface area contributed by atoms with Crippen molar-refractivity contribution in [1.82, 2.24) is 28.2 Å². The van der Waals surface area contributed by atoms with Gasteiger partial charge in [-0.2, -0.15) is 0 Å². The molecule has 21 heavy (non-hydrogen) atoms. The van der Waals surface area contributed by atoms with Crippen LogP contribution in [0.4, 0.5) is 0 Å². The van der Waals surface area contributed by atoms with Gasteiger partial charge < -0.3 is 0 Å². The van der Waals surface area contributed by atoms with Gasteiger partial charge in [0.25, 0.3) is 0 Å². The second-order valence-electron chi connectivity index (χ2n) is 3.99. The third kappa shape index (κ3) is 1.92. The summed E-state index contributed by atoms with van der Waals surface area (Å²) in [5, 5.41) is 0. The van der Waals surface area contributed by atoms with Crippen molar-refractivity contribution in [2.75, 3.05) is 0 Å². The average Bonchev–Trinajstić information content (AvgIpc) is 2.99. The van der Waals surface area contributed by atoms with Crippen molar-refractivity contribution in [3.63, 3.8) is 0 Å². The zero-order chi connectivity index (χ0) is 15.0. The van der Waals surface area contributed by atoms with Crippen LogP contribution in [0, 0.1) is 0 Å². The minimum absolute atomic E-state index is 0.673. The number of halogens is 6. The maximum absolute atomic E-state index is 4.52. The van der Waals surface area contributed by atoms with E-state index < -0.39 is 0 Å². The van der Waals surface area contributed by atoms with Crippen LogP contribution < -0.4 is 0 Å². The summed E-state index contributed by atoms with van der Waals surface area (Å²) in [5.74, 6) is 2.02. The molecule has 0 aliphatic rings. The number of hydrogen-bond acceptors (Lipinski definition) is 3. The largest absolute Gasteiger partial charge is 0.239 e. The Bertz CT molecular complexity index is 893. The van der Waals surface area contributed by atoms with Gasteiger partial charge in [0.05, 0.1) is 0 Å². The molecule has 0 unspecified atom stereocenters. The van der Waals surface area contributed by atoms with Gasteiger partial charge in [0.1, 0.15) is 27.6 Å². The molecule has 0 atom stereocenters. The first kappa shape index (κ1) is 15.1. The minimum atomic E-state index is 0.673. The molecule has 0 amide bonds. The van der Waals surface area contributed by atoms with Gasteiger partial charge in [0.2, 0.25) is 17.3 Å². The van der Waals surface area contributed by atoms with Crippen LogP contribution in [0.5, 0.6) is 0 Å². The van der Waals surface area contributed by atoms with E-state index in [4.69, 9.17) is 0 Å². The molecule has 0 saturated heterocycles. The molecule has 4 aromatic heterocycles. The van der Waals surface area contributed by atoms with Crippen LogP contribution >= 0.6 is 95.6 Å². The molecular weight excluding hydrogens is 672 g/mol. The summed E-state index contributed by atoms with van der Waals surface area (Å²) in [6, 6.07) is 0. The van der Waals surface area contributed by atoms with Gasteiger partial charge in [0, 0.05) is 0 Å². The first-order valence-electron chi connectivity index (χ1n) is 5.24. The second-order valence-corrected chi connectivity index (χ2v) is 8.49. The van der Waals surface area contributed by atoms with Crippen LogP contribution in [0.1, 0.15) is 0 Å². The fourth-order valence-electron chi connectivity index (χ4n) is 2.07. The van der Waals surface area contributed by atoms with Crippen LogP contribution in [0.15, 0.2) is 27.6 Å². The molecule has 4 aromatic rings. The third-order valence-corrected chi connectivity index (χ3v) is 8.34. The summed E-state index contributed by atoms with van der Waals surface area (Å²) < 4.78 is 10.0. The van der Waals surface area contributed by atoms with Crippen LogP contribution in [-0.4, -0.2) is 28.2 Å². The molecule has 12 heteroatoms. The standard InChI is InChI=1S/C9Br6N6/c10-1-4(13)19-7(16-1)20-5(14)2(11)18-9(20)21-6(15)3(12)17-8(19)21. The first-order valence-corrected chi connectivity index (χ1v) is 10.00. The van der Waals surface area contributed by atoms with E-state index in [9.17, 15) is 0 Å². The summed E-state index contributed by atoms with van der Waals surface area (Å²) in [7, 11) is 0. The van der Waals surface area contributed by atoms with Gasteiger partial charge in [-0.05, 0) is 95.6 Å². The van der Waals surface area contributed by atoms with Gasteiger partial charge in [-0.25, -0.2) is 28.2 Å². The SMILES string of the molecule is Brc1nc2n(c1Br)c1nc(Br)c(Br)n1c1nc(Br)c(Br)n21. The third-order valence-electron chi connectivity index (χ3n) is 2.89. The Labute approximate surface area is 167 Å². The zero-order valence-corrected chi connectivity index (χ0v) is 19.0. The molecular formula is C9Br6N6. The normalized spacial score (nSPS) is 12.3. The number of nitrogens with zero attached hydrogens (tertiary/aromatic N) is 6. The number of aromatic nitrogens is 6. The van der Waals surface area contributed by atoms with E-state index in [1.165, 1.54) is 0 Å². The molecule has 0 saturated carbocycles. The van der Waals surface area contributed by atoms with E-state index in [1.807, 2.05) is 13.2 Å². The Kier molecular flexibility index (Phi) is 3.59. The molecule has 4 heterocycles. The van der Waals surface area contributed by atoms with Gasteiger partial charge >= 0.3 is 0 Å². The van der Waals surface area contributed by atoms with E-state index in [1.54, 1.807) is 0 Å². The van der Waals surface area contributed by atoms with Gasteiger partial charge in [-0.15, -0.1) is 0 Å². The Morgan fingerprint density at radius 2 is 0.714 bits per heavy atom. The molecule has 4 rings (SSSR count). The fraction of sp³-hybridized carbons (Fsp3) is 0. The van der Waals surface area contributed by atoms with Crippen LogP contribution in [0.25, 0.3) is 17.3 Å². The number of hydrogen-bond donors (Lipinski definition) is 0. The molecule has 0 bridgehead atoms.